The van der Waals surface area contributed by atoms with Crippen molar-refractivity contribution in [1.82, 2.24) is 4.40 Å². The van der Waals surface area contributed by atoms with Crippen LogP contribution in [0.25, 0.3) is 27.5 Å². The van der Waals surface area contributed by atoms with Crippen LogP contribution in [0.5, 0.6) is 5.75 Å². The van der Waals surface area contributed by atoms with Crippen molar-refractivity contribution in [2.24, 2.45) is 0 Å². The number of rotatable bonds is 4. The summed E-state index contributed by atoms with van der Waals surface area (Å²) in [6.07, 6.45) is 2.12. The van der Waals surface area contributed by atoms with Crippen LogP contribution in [-0.2, 0) is 6.61 Å². The van der Waals surface area contributed by atoms with Crippen molar-refractivity contribution in [2.45, 2.75) is 6.61 Å². The summed E-state index contributed by atoms with van der Waals surface area (Å²) in [6, 6.07) is 33.6. The first-order chi connectivity index (χ1) is 13.4. The van der Waals surface area contributed by atoms with Crippen LogP contribution < -0.4 is 4.74 Å². The Kier molecular flexibility index (Phi) is 3.87. The lowest BCUT2D eigenvalue weighted by molar-refractivity contribution is 0.306. The van der Waals surface area contributed by atoms with E-state index in [9.17, 15) is 0 Å². The molecule has 0 bridgehead atoms. The summed E-state index contributed by atoms with van der Waals surface area (Å²) in [5.74, 6) is 0.883. The smallest absolute Gasteiger partial charge is 0.121 e. The molecule has 5 rings (SSSR count). The molecular weight excluding hydrogens is 330 g/mol. The lowest BCUT2D eigenvalue weighted by Gasteiger charge is -2.12. The first kappa shape index (κ1) is 15.7. The molecule has 0 unspecified atom stereocenters. The third kappa shape index (κ3) is 2.96. The highest BCUT2D eigenvalue weighted by Crippen LogP contribution is 2.31. The molecule has 0 aliphatic rings. The minimum atomic E-state index is 0.573. The van der Waals surface area contributed by atoms with Gasteiger partial charge in [-0.05, 0) is 46.8 Å². The second-order valence-electron chi connectivity index (χ2n) is 6.68. The van der Waals surface area contributed by atoms with E-state index < -0.39 is 0 Å². The SMILES string of the molecule is c1ccc(COc2ccc3cc(-c4ccccc4)c4cccn4c3c2)cc1. The normalized spacial score (nSPS) is 11.1. The number of fused-ring (bicyclic) bond motifs is 3. The molecule has 0 spiro atoms. The fourth-order valence-electron chi connectivity index (χ4n) is 3.57. The fourth-order valence-corrected chi connectivity index (χ4v) is 3.57. The molecule has 5 aromatic rings. The van der Waals surface area contributed by atoms with Crippen molar-refractivity contribution in [3.05, 3.63) is 109 Å². The Morgan fingerprint density at radius 2 is 1.44 bits per heavy atom. The van der Waals surface area contributed by atoms with E-state index in [4.69, 9.17) is 4.74 Å². The monoisotopic (exact) mass is 349 g/mol. The Morgan fingerprint density at radius 3 is 2.26 bits per heavy atom. The van der Waals surface area contributed by atoms with Gasteiger partial charge < -0.3 is 9.14 Å². The highest BCUT2D eigenvalue weighted by molar-refractivity contribution is 5.93. The molecule has 3 aromatic carbocycles. The number of hydrogen-bond donors (Lipinski definition) is 0. The van der Waals surface area contributed by atoms with Gasteiger partial charge in [0.2, 0.25) is 0 Å². The van der Waals surface area contributed by atoms with Gasteiger partial charge in [0.05, 0.1) is 11.0 Å². The van der Waals surface area contributed by atoms with Crippen LogP contribution in [0.4, 0.5) is 0 Å². The summed E-state index contributed by atoms with van der Waals surface area (Å²) in [7, 11) is 0. The third-order valence-corrected chi connectivity index (χ3v) is 4.92. The van der Waals surface area contributed by atoms with Gasteiger partial charge in [0.15, 0.2) is 0 Å². The fraction of sp³-hybridized carbons (Fsp3) is 0.0400. The highest BCUT2D eigenvalue weighted by atomic mass is 16.5. The molecule has 0 radical (unpaired) electrons. The van der Waals surface area contributed by atoms with E-state index in [0.29, 0.717) is 6.61 Å². The van der Waals surface area contributed by atoms with E-state index in [1.807, 2.05) is 18.2 Å². The summed E-state index contributed by atoms with van der Waals surface area (Å²) in [6.45, 7) is 0.573. The topological polar surface area (TPSA) is 13.6 Å². The average molecular weight is 349 g/mol. The Labute approximate surface area is 158 Å². The molecule has 0 amide bonds. The number of benzene rings is 3. The maximum atomic E-state index is 6.03. The standard InChI is InChI=1S/C25H19NO/c1-3-8-19(9-4-1)18-27-22-14-13-21-16-23(20-10-5-2-6-11-20)24-12-7-15-26(24)25(21)17-22/h1-17H,18H2. The molecular formula is C25H19NO. The molecule has 0 atom stereocenters. The van der Waals surface area contributed by atoms with Gasteiger partial charge in [-0.2, -0.15) is 0 Å². The average Bonchev–Trinajstić information content (AvgIpc) is 3.23. The van der Waals surface area contributed by atoms with Gasteiger partial charge in [-0.3, -0.25) is 0 Å². The van der Waals surface area contributed by atoms with E-state index in [0.717, 1.165) is 11.3 Å². The Hall–Kier alpha value is -3.52. The molecule has 130 valence electrons. The second-order valence-corrected chi connectivity index (χ2v) is 6.68. The Bertz CT molecular complexity index is 1210. The van der Waals surface area contributed by atoms with E-state index in [2.05, 4.69) is 89.5 Å². The number of ether oxygens (including phenoxy) is 1. The van der Waals surface area contributed by atoms with Crippen molar-refractivity contribution >= 4 is 16.4 Å². The number of nitrogens with zero attached hydrogens (tertiary/aromatic N) is 1. The van der Waals surface area contributed by atoms with Gasteiger partial charge in [0.25, 0.3) is 0 Å². The highest BCUT2D eigenvalue weighted by Gasteiger charge is 2.09. The molecule has 0 aliphatic carbocycles. The molecule has 27 heavy (non-hydrogen) atoms. The van der Waals surface area contributed by atoms with Crippen LogP contribution >= 0.6 is 0 Å². The van der Waals surface area contributed by atoms with Crippen LogP contribution in [0, 0.1) is 0 Å². The summed E-state index contributed by atoms with van der Waals surface area (Å²) >= 11 is 0. The predicted octanol–water partition coefficient (Wildman–Crippen LogP) is 6.34. The molecule has 2 nitrogen and oxygen atoms in total. The van der Waals surface area contributed by atoms with Crippen LogP contribution in [0.15, 0.2) is 103 Å². The lowest BCUT2D eigenvalue weighted by Crippen LogP contribution is -1.96. The van der Waals surface area contributed by atoms with E-state index in [1.165, 1.54) is 27.6 Å². The Balaban J connectivity index is 1.58. The molecule has 0 aliphatic heterocycles. The molecule has 0 N–H and O–H groups in total. The minimum Gasteiger partial charge on any atom is -0.489 e. The van der Waals surface area contributed by atoms with Gasteiger partial charge in [0, 0.05) is 17.8 Å². The molecule has 2 heterocycles. The van der Waals surface area contributed by atoms with Gasteiger partial charge in [-0.25, -0.2) is 0 Å². The van der Waals surface area contributed by atoms with Crippen molar-refractivity contribution in [3.8, 4) is 16.9 Å². The zero-order valence-corrected chi connectivity index (χ0v) is 14.9. The third-order valence-electron chi connectivity index (χ3n) is 4.92. The first-order valence-electron chi connectivity index (χ1n) is 9.14. The van der Waals surface area contributed by atoms with E-state index >= 15 is 0 Å². The minimum absolute atomic E-state index is 0.573. The number of aromatic nitrogens is 1. The van der Waals surface area contributed by atoms with Crippen LogP contribution in [0.1, 0.15) is 5.56 Å². The zero-order valence-electron chi connectivity index (χ0n) is 14.9. The van der Waals surface area contributed by atoms with E-state index in [1.54, 1.807) is 0 Å². The molecule has 2 heteroatoms. The first-order valence-corrected chi connectivity index (χ1v) is 9.14. The summed E-state index contributed by atoms with van der Waals surface area (Å²) in [4.78, 5) is 0. The maximum Gasteiger partial charge on any atom is 0.121 e. The summed E-state index contributed by atoms with van der Waals surface area (Å²) in [5.41, 5.74) is 6.00. The lowest BCUT2D eigenvalue weighted by atomic mass is 10.0. The molecule has 0 saturated heterocycles. The number of pyridine rings is 1. The van der Waals surface area contributed by atoms with Crippen LogP contribution in [0.3, 0.4) is 0 Å². The van der Waals surface area contributed by atoms with Crippen LogP contribution in [0.2, 0.25) is 0 Å². The summed E-state index contributed by atoms with van der Waals surface area (Å²) < 4.78 is 8.27. The predicted molar refractivity (Wildman–Crippen MR) is 111 cm³/mol. The zero-order chi connectivity index (χ0) is 18.1. The van der Waals surface area contributed by atoms with Crippen molar-refractivity contribution in [2.75, 3.05) is 0 Å². The van der Waals surface area contributed by atoms with Crippen molar-refractivity contribution < 1.29 is 4.74 Å². The molecule has 0 saturated carbocycles. The largest absolute Gasteiger partial charge is 0.489 e. The van der Waals surface area contributed by atoms with Crippen molar-refractivity contribution in [1.29, 1.82) is 0 Å². The van der Waals surface area contributed by atoms with Gasteiger partial charge in [0.1, 0.15) is 12.4 Å². The van der Waals surface area contributed by atoms with Gasteiger partial charge in [-0.1, -0.05) is 60.7 Å². The molecule has 0 fully saturated rings. The van der Waals surface area contributed by atoms with Gasteiger partial charge in [-0.15, -0.1) is 0 Å². The van der Waals surface area contributed by atoms with E-state index in [-0.39, 0.29) is 0 Å². The van der Waals surface area contributed by atoms with Crippen molar-refractivity contribution in [3.63, 3.8) is 0 Å². The van der Waals surface area contributed by atoms with Gasteiger partial charge >= 0.3 is 0 Å². The second kappa shape index (κ2) is 6.65. The quantitative estimate of drug-likeness (QED) is 0.369. The summed E-state index contributed by atoms with van der Waals surface area (Å²) in [5, 5.41) is 1.20. The maximum absolute atomic E-state index is 6.03. The number of hydrogen-bond acceptors (Lipinski definition) is 1. The molecule has 2 aromatic heterocycles. The Morgan fingerprint density at radius 1 is 0.667 bits per heavy atom. The van der Waals surface area contributed by atoms with Crippen LogP contribution in [-0.4, -0.2) is 4.40 Å².